The number of pyridine rings is 1. The average molecular weight is 389 g/mol. The summed E-state index contributed by atoms with van der Waals surface area (Å²) in [5.41, 5.74) is -0.284. The molecule has 2 aromatic rings. The number of fused-ring (bicyclic) bond motifs is 1. The van der Waals surface area contributed by atoms with Gasteiger partial charge in [-0.3, -0.25) is 24.7 Å². The first kappa shape index (κ1) is 19.3. The molecule has 10 heteroatoms. The lowest BCUT2D eigenvalue weighted by atomic mass is 9.97. The highest BCUT2D eigenvalue weighted by Crippen LogP contribution is 2.42. The van der Waals surface area contributed by atoms with Crippen LogP contribution in [-0.4, -0.2) is 59.1 Å². The Bertz CT molecular complexity index is 960. The Morgan fingerprint density at radius 3 is 2.71 bits per heavy atom. The van der Waals surface area contributed by atoms with Gasteiger partial charge in [0.15, 0.2) is 11.5 Å². The monoisotopic (exact) mass is 389 g/mol. The molecule has 10 nitrogen and oxygen atoms in total. The highest BCUT2D eigenvalue weighted by atomic mass is 16.6. The Morgan fingerprint density at radius 1 is 1.36 bits per heavy atom. The fourth-order valence-electron chi connectivity index (χ4n) is 3.48. The van der Waals surface area contributed by atoms with Gasteiger partial charge >= 0.3 is 5.97 Å². The van der Waals surface area contributed by atoms with Crippen LogP contribution in [0.15, 0.2) is 18.3 Å². The molecule has 0 radical (unpaired) electrons. The first-order valence-corrected chi connectivity index (χ1v) is 8.59. The number of nitro groups is 1. The fraction of sp³-hybridized carbons (Fsp3) is 0.389. The summed E-state index contributed by atoms with van der Waals surface area (Å²) in [5.74, 6) is -1.86. The molecule has 0 spiro atoms. The molecule has 1 unspecified atom stereocenters. The highest BCUT2D eigenvalue weighted by molar-refractivity contribution is 6.11. The van der Waals surface area contributed by atoms with Crippen LogP contribution < -0.4 is 9.47 Å². The number of ether oxygens (including phenoxy) is 2. The van der Waals surface area contributed by atoms with E-state index < -0.39 is 22.7 Å². The molecule has 1 amide bonds. The number of amides is 1. The van der Waals surface area contributed by atoms with Crippen molar-refractivity contribution in [3.8, 4) is 11.5 Å². The van der Waals surface area contributed by atoms with Crippen LogP contribution in [0.2, 0.25) is 0 Å². The zero-order valence-corrected chi connectivity index (χ0v) is 15.4. The second kappa shape index (κ2) is 7.67. The van der Waals surface area contributed by atoms with Crippen molar-refractivity contribution in [1.29, 1.82) is 0 Å². The van der Waals surface area contributed by atoms with Crippen molar-refractivity contribution >= 4 is 28.3 Å². The summed E-state index contributed by atoms with van der Waals surface area (Å²) >= 11 is 0. The third-order valence-electron chi connectivity index (χ3n) is 4.83. The molecular weight excluding hydrogens is 370 g/mol. The van der Waals surface area contributed by atoms with Crippen LogP contribution in [0, 0.1) is 16.0 Å². The lowest BCUT2D eigenvalue weighted by molar-refractivity contribution is -0.383. The Hall–Kier alpha value is -3.43. The minimum absolute atomic E-state index is 0.0395. The lowest BCUT2D eigenvalue weighted by Gasteiger charge is -2.30. The number of carbonyl (C=O) groups is 2. The largest absolute Gasteiger partial charge is 0.493 e. The minimum atomic E-state index is -0.960. The molecule has 1 fully saturated rings. The van der Waals surface area contributed by atoms with Crippen LogP contribution in [0.1, 0.15) is 23.3 Å². The number of piperidine rings is 1. The Kier molecular flexibility index (Phi) is 5.30. The molecular formula is C18H19N3O7. The van der Waals surface area contributed by atoms with Gasteiger partial charge < -0.3 is 19.5 Å². The predicted octanol–water partition coefficient (Wildman–Crippen LogP) is 2.10. The fourth-order valence-corrected chi connectivity index (χ4v) is 3.48. The zero-order chi connectivity index (χ0) is 20.4. The molecule has 3 rings (SSSR count). The second-order valence-corrected chi connectivity index (χ2v) is 6.40. The maximum Gasteiger partial charge on any atom is 0.308 e. The number of nitro benzene ring substituents is 1. The molecule has 0 aliphatic carbocycles. The first-order chi connectivity index (χ1) is 13.4. The molecule has 1 aliphatic rings. The van der Waals surface area contributed by atoms with Gasteiger partial charge in [-0.1, -0.05) is 0 Å². The van der Waals surface area contributed by atoms with Gasteiger partial charge in [0, 0.05) is 19.3 Å². The van der Waals surface area contributed by atoms with E-state index in [1.165, 1.54) is 37.4 Å². The molecule has 2 heterocycles. The molecule has 0 bridgehead atoms. The Morgan fingerprint density at radius 2 is 2.11 bits per heavy atom. The van der Waals surface area contributed by atoms with Crippen LogP contribution in [0.4, 0.5) is 5.69 Å². The lowest BCUT2D eigenvalue weighted by Crippen LogP contribution is -2.42. The van der Waals surface area contributed by atoms with E-state index in [2.05, 4.69) is 4.98 Å². The smallest absolute Gasteiger partial charge is 0.308 e. The molecule has 1 atom stereocenters. The summed E-state index contributed by atoms with van der Waals surface area (Å²) in [6, 6.07) is 2.67. The molecule has 1 aliphatic heterocycles. The number of aliphatic carboxylic acids is 1. The SMILES string of the molecule is COc1cc([N+](=O)[O-])c2ccnc(C(=O)N3CCCC(C(=O)O)C3)c2c1OC. The van der Waals surface area contributed by atoms with Gasteiger partial charge in [0.1, 0.15) is 5.69 Å². The van der Waals surface area contributed by atoms with E-state index in [0.29, 0.717) is 19.4 Å². The highest BCUT2D eigenvalue weighted by Gasteiger charge is 2.32. The topological polar surface area (TPSA) is 132 Å². The Labute approximate surface area is 159 Å². The van der Waals surface area contributed by atoms with Gasteiger partial charge in [0.2, 0.25) is 0 Å². The normalized spacial score (nSPS) is 16.6. The van der Waals surface area contributed by atoms with Gasteiger partial charge in [-0.05, 0) is 18.9 Å². The summed E-state index contributed by atoms with van der Waals surface area (Å²) in [6.07, 6.45) is 2.35. The molecule has 0 saturated carbocycles. The van der Waals surface area contributed by atoms with Crippen molar-refractivity contribution in [3.05, 3.63) is 34.1 Å². The summed E-state index contributed by atoms with van der Waals surface area (Å²) in [6.45, 7) is 0.440. The number of nitrogens with zero attached hydrogens (tertiary/aromatic N) is 3. The van der Waals surface area contributed by atoms with Crippen molar-refractivity contribution in [2.24, 2.45) is 5.92 Å². The van der Waals surface area contributed by atoms with Crippen molar-refractivity contribution < 1.29 is 29.1 Å². The van der Waals surface area contributed by atoms with Crippen LogP contribution in [0.25, 0.3) is 10.8 Å². The number of rotatable bonds is 5. The van der Waals surface area contributed by atoms with Gasteiger partial charge in [-0.2, -0.15) is 0 Å². The van der Waals surface area contributed by atoms with E-state index in [1.807, 2.05) is 0 Å². The number of hydrogen-bond donors (Lipinski definition) is 1. The molecule has 1 N–H and O–H groups in total. The third kappa shape index (κ3) is 3.28. The number of aromatic nitrogens is 1. The van der Waals surface area contributed by atoms with Crippen LogP contribution >= 0.6 is 0 Å². The number of carbonyl (C=O) groups excluding carboxylic acids is 1. The number of benzene rings is 1. The molecule has 1 aromatic carbocycles. The molecule has 28 heavy (non-hydrogen) atoms. The number of methoxy groups -OCH3 is 2. The van der Waals surface area contributed by atoms with Crippen molar-refractivity contribution in [3.63, 3.8) is 0 Å². The summed E-state index contributed by atoms with van der Waals surface area (Å²) < 4.78 is 10.6. The average Bonchev–Trinajstić information content (AvgIpc) is 2.71. The molecule has 1 saturated heterocycles. The summed E-state index contributed by atoms with van der Waals surface area (Å²) in [5, 5.41) is 21.1. The van der Waals surface area contributed by atoms with Crippen LogP contribution in [-0.2, 0) is 4.79 Å². The van der Waals surface area contributed by atoms with Gasteiger partial charge in [0.05, 0.1) is 41.9 Å². The Balaban J connectivity index is 2.18. The second-order valence-electron chi connectivity index (χ2n) is 6.40. The zero-order valence-electron chi connectivity index (χ0n) is 15.4. The van der Waals surface area contributed by atoms with E-state index in [-0.39, 0.29) is 40.2 Å². The third-order valence-corrected chi connectivity index (χ3v) is 4.83. The van der Waals surface area contributed by atoms with E-state index in [1.54, 1.807) is 0 Å². The van der Waals surface area contributed by atoms with E-state index in [4.69, 9.17) is 9.47 Å². The summed E-state index contributed by atoms with van der Waals surface area (Å²) in [4.78, 5) is 40.9. The number of likely N-dealkylation sites (tertiary alicyclic amines) is 1. The van der Waals surface area contributed by atoms with Gasteiger partial charge in [0.25, 0.3) is 11.6 Å². The number of carboxylic acids is 1. The van der Waals surface area contributed by atoms with Crippen molar-refractivity contribution in [2.45, 2.75) is 12.8 Å². The van der Waals surface area contributed by atoms with E-state index in [0.717, 1.165) is 0 Å². The van der Waals surface area contributed by atoms with Gasteiger partial charge in [-0.15, -0.1) is 0 Å². The van der Waals surface area contributed by atoms with E-state index >= 15 is 0 Å². The first-order valence-electron chi connectivity index (χ1n) is 8.59. The van der Waals surface area contributed by atoms with Crippen LogP contribution in [0.3, 0.4) is 0 Å². The molecule has 148 valence electrons. The van der Waals surface area contributed by atoms with Gasteiger partial charge in [-0.25, -0.2) is 0 Å². The summed E-state index contributed by atoms with van der Waals surface area (Å²) in [7, 11) is 2.71. The maximum atomic E-state index is 13.1. The standard InChI is InChI=1S/C18H19N3O7/c1-27-13-8-12(21(25)26)11-5-6-19-15(14(11)16(13)28-2)17(22)20-7-3-4-10(9-20)18(23)24/h5-6,8,10H,3-4,7,9H2,1-2H3,(H,23,24). The van der Waals surface area contributed by atoms with Crippen molar-refractivity contribution in [1.82, 2.24) is 9.88 Å². The number of hydrogen-bond acceptors (Lipinski definition) is 7. The maximum absolute atomic E-state index is 13.1. The minimum Gasteiger partial charge on any atom is -0.493 e. The number of carboxylic acid groups (broad SMARTS) is 1. The molecule has 1 aromatic heterocycles. The number of non-ortho nitro benzene ring substituents is 1. The van der Waals surface area contributed by atoms with Crippen LogP contribution in [0.5, 0.6) is 11.5 Å². The van der Waals surface area contributed by atoms with Crippen molar-refractivity contribution in [2.75, 3.05) is 27.3 Å². The van der Waals surface area contributed by atoms with E-state index in [9.17, 15) is 24.8 Å². The predicted molar refractivity (Wildman–Crippen MR) is 97.8 cm³/mol. The quantitative estimate of drug-likeness (QED) is 0.607.